The number of pyridine rings is 1. The number of carbonyl (C=O) groups is 3. The summed E-state index contributed by atoms with van der Waals surface area (Å²) in [6.07, 6.45) is -3.60. The molecule has 3 amide bonds. The van der Waals surface area contributed by atoms with Crippen LogP contribution in [0.15, 0.2) is 66.9 Å². The standard InChI is InChI=1S/C25H17Cl2F3N6O3/c1-13-10-15(26)11-16(23(38)34-33-22(37)14-6-3-2-4-7-14)20(13)32-24(39)18-12-19(25(28,29)30)35-36(18)21-17(27)8-5-9-31-21/h2-12H,1H3,(H,32,39)(H,33,37)(H,34,38). The molecule has 4 aromatic rings. The van der Waals surface area contributed by atoms with E-state index < -0.39 is 35.3 Å². The maximum absolute atomic E-state index is 13.5. The number of anilines is 1. The number of carbonyl (C=O) groups excluding carboxylic acids is 3. The first-order valence-electron chi connectivity index (χ1n) is 11.0. The number of aryl methyl sites for hydroxylation is 1. The molecular weight excluding hydrogens is 560 g/mol. The lowest BCUT2D eigenvalue weighted by Gasteiger charge is -2.16. The van der Waals surface area contributed by atoms with Crippen molar-refractivity contribution in [3.8, 4) is 5.82 Å². The molecule has 39 heavy (non-hydrogen) atoms. The van der Waals surface area contributed by atoms with Gasteiger partial charge in [-0.25, -0.2) is 9.67 Å². The number of hydrogen-bond donors (Lipinski definition) is 3. The van der Waals surface area contributed by atoms with Gasteiger partial charge in [-0.15, -0.1) is 0 Å². The minimum absolute atomic E-state index is 0.0553. The van der Waals surface area contributed by atoms with Gasteiger partial charge in [0.15, 0.2) is 11.5 Å². The Labute approximate surface area is 228 Å². The third-order valence-corrected chi connectivity index (χ3v) is 5.79. The van der Waals surface area contributed by atoms with E-state index in [0.29, 0.717) is 16.3 Å². The highest BCUT2D eigenvalue weighted by Crippen LogP contribution is 2.31. The summed E-state index contributed by atoms with van der Waals surface area (Å²) in [7, 11) is 0. The molecule has 0 saturated carbocycles. The third kappa shape index (κ3) is 6.19. The zero-order chi connectivity index (χ0) is 28.3. The SMILES string of the molecule is Cc1cc(Cl)cc(C(=O)NNC(=O)c2ccccc2)c1NC(=O)c1cc(C(F)(F)F)nn1-c1ncccc1Cl. The lowest BCUT2D eigenvalue weighted by Crippen LogP contribution is -2.42. The quantitative estimate of drug-likeness (QED) is 0.281. The Kier molecular flexibility index (Phi) is 7.88. The average molecular weight is 577 g/mol. The van der Waals surface area contributed by atoms with E-state index in [4.69, 9.17) is 23.2 Å². The summed E-state index contributed by atoms with van der Waals surface area (Å²) in [5.41, 5.74) is 2.92. The van der Waals surface area contributed by atoms with E-state index in [9.17, 15) is 27.6 Å². The number of benzene rings is 2. The van der Waals surface area contributed by atoms with E-state index in [1.807, 2.05) is 0 Å². The van der Waals surface area contributed by atoms with Crippen LogP contribution in [0.2, 0.25) is 10.0 Å². The summed E-state index contributed by atoms with van der Waals surface area (Å²) >= 11 is 12.2. The summed E-state index contributed by atoms with van der Waals surface area (Å²) in [6, 6.07) is 14.1. The topological polar surface area (TPSA) is 118 Å². The lowest BCUT2D eigenvalue weighted by molar-refractivity contribution is -0.141. The van der Waals surface area contributed by atoms with E-state index in [-0.39, 0.29) is 32.7 Å². The second kappa shape index (κ2) is 11.1. The molecular formula is C25H17Cl2F3N6O3. The van der Waals surface area contributed by atoms with E-state index in [0.717, 1.165) is 0 Å². The Hall–Kier alpha value is -4.42. The molecule has 14 heteroatoms. The highest BCUT2D eigenvalue weighted by Gasteiger charge is 2.37. The number of nitrogens with one attached hydrogen (secondary N) is 3. The second-order valence-electron chi connectivity index (χ2n) is 8.01. The van der Waals surface area contributed by atoms with Crippen molar-refractivity contribution in [1.82, 2.24) is 25.6 Å². The maximum Gasteiger partial charge on any atom is 0.435 e. The van der Waals surface area contributed by atoms with Crippen LogP contribution in [0.3, 0.4) is 0 Å². The fourth-order valence-electron chi connectivity index (χ4n) is 3.48. The fourth-order valence-corrected chi connectivity index (χ4v) is 3.96. The Bertz CT molecular complexity index is 1580. The van der Waals surface area contributed by atoms with Crippen LogP contribution in [0.25, 0.3) is 5.82 Å². The van der Waals surface area contributed by atoms with Crippen molar-refractivity contribution in [2.45, 2.75) is 13.1 Å². The molecule has 9 nitrogen and oxygen atoms in total. The number of alkyl halides is 3. The van der Waals surface area contributed by atoms with Gasteiger partial charge in [0.2, 0.25) is 0 Å². The van der Waals surface area contributed by atoms with Crippen molar-refractivity contribution in [2.75, 3.05) is 5.32 Å². The van der Waals surface area contributed by atoms with E-state index in [1.54, 1.807) is 18.2 Å². The molecule has 0 radical (unpaired) electrons. The van der Waals surface area contributed by atoms with Crippen LogP contribution in [0, 0.1) is 6.92 Å². The molecule has 0 bridgehead atoms. The molecule has 2 heterocycles. The number of hydrazine groups is 1. The highest BCUT2D eigenvalue weighted by molar-refractivity contribution is 6.32. The molecule has 0 aliphatic rings. The zero-order valence-electron chi connectivity index (χ0n) is 19.8. The predicted molar refractivity (Wildman–Crippen MR) is 137 cm³/mol. The van der Waals surface area contributed by atoms with Gasteiger partial charge in [0, 0.05) is 22.8 Å². The van der Waals surface area contributed by atoms with E-state index in [1.165, 1.54) is 49.5 Å². The van der Waals surface area contributed by atoms with Gasteiger partial charge < -0.3 is 5.32 Å². The zero-order valence-corrected chi connectivity index (χ0v) is 21.3. The van der Waals surface area contributed by atoms with Crippen molar-refractivity contribution in [3.05, 3.63) is 105 Å². The molecule has 0 spiro atoms. The minimum Gasteiger partial charge on any atom is -0.320 e. The van der Waals surface area contributed by atoms with Crippen LogP contribution in [0.5, 0.6) is 0 Å². The molecule has 0 atom stereocenters. The van der Waals surface area contributed by atoms with Crippen LogP contribution in [0.1, 0.15) is 42.5 Å². The number of hydrogen-bond acceptors (Lipinski definition) is 5. The average Bonchev–Trinajstić information content (AvgIpc) is 3.35. The Morgan fingerprint density at radius 3 is 2.26 bits per heavy atom. The first kappa shape index (κ1) is 27.6. The van der Waals surface area contributed by atoms with Crippen LogP contribution in [-0.2, 0) is 6.18 Å². The van der Waals surface area contributed by atoms with Gasteiger partial charge in [0.25, 0.3) is 17.7 Å². The van der Waals surface area contributed by atoms with Crippen LogP contribution in [-0.4, -0.2) is 32.5 Å². The normalized spacial score (nSPS) is 11.1. The number of halogens is 5. The number of nitrogens with zero attached hydrogens (tertiary/aromatic N) is 3. The molecule has 200 valence electrons. The van der Waals surface area contributed by atoms with Gasteiger partial charge in [-0.1, -0.05) is 41.4 Å². The van der Waals surface area contributed by atoms with Gasteiger partial charge in [0.1, 0.15) is 5.69 Å². The molecule has 4 rings (SSSR count). The predicted octanol–water partition coefficient (Wildman–Crippen LogP) is 5.23. The van der Waals surface area contributed by atoms with Crippen LogP contribution in [0.4, 0.5) is 18.9 Å². The van der Waals surface area contributed by atoms with E-state index in [2.05, 4.69) is 26.3 Å². The number of amides is 3. The first-order valence-corrected chi connectivity index (χ1v) is 11.8. The Morgan fingerprint density at radius 1 is 0.897 bits per heavy atom. The largest absolute Gasteiger partial charge is 0.435 e. The Balaban J connectivity index is 1.66. The molecule has 3 N–H and O–H groups in total. The summed E-state index contributed by atoms with van der Waals surface area (Å²) in [4.78, 5) is 42.5. The first-order chi connectivity index (χ1) is 18.5. The van der Waals surface area contributed by atoms with Crippen molar-refractivity contribution < 1.29 is 27.6 Å². The van der Waals surface area contributed by atoms with Gasteiger partial charge in [-0.3, -0.25) is 25.2 Å². The molecule has 0 unspecified atom stereocenters. The number of rotatable bonds is 5. The molecule has 2 aromatic carbocycles. The molecule has 0 saturated heterocycles. The van der Waals surface area contributed by atoms with Crippen molar-refractivity contribution in [3.63, 3.8) is 0 Å². The Morgan fingerprint density at radius 2 is 1.59 bits per heavy atom. The molecule has 0 aliphatic heterocycles. The molecule has 0 fully saturated rings. The van der Waals surface area contributed by atoms with Gasteiger partial charge in [-0.05, 0) is 48.9 Å². The van der Waals surface area contributed by atoms with Crippen molar-refractivity contribution in [1.29, 1.82) is 0 Å². The van der Waals surface area contributed by atoms with E-state index >= 15 is 0 Å². The van der Waals surface area contributed by atoms with Crippen LogP contribution >= 0.6 is 23.2 Å². The summed E-state index contributed by atoms with van der Waals surface area (Å²) < 4.78 is 41.1. The summed E-state index contributed by atoms with van der Waals surface area (Å²) in [6.45, 7) is 1.52. The van der Waals surface area contributed by atoms with Gasteiger partial charge >= 0.3 is 6.18 Å². The lowest BCUT2D eigenvalue weighted by atomic mass is 10.1. The monoisotopic (exact) mass is 576 g/mol. The summed E-state index contributed by atoms with van der Waals surface area (Å²) in [5, 5.41) is 6.01. The second-order valence-corrected chi connectivity index (χ2v) is 8.85. The number of aromatic nitrogens is 3. The molecule has 2 aromatic heterocycles. The van der Waals surface area contributed by atoms with Crippen molar-refractivity contribution >= 4 is 46.6 Å². The highest BCUT2D eigenvalue weighted by atomic mass is 35.5. The fraction of sp³-hybridized carbons (Fsp3) is 0.0800. The van der Waals surface area contributed by atoms with Gasteiger partial charge in [-0.2, -0.15) is 18.3 Å². The minimum atomic E-state index is -4.88. The van der Waals surface area contributed by atoms with Crippen LogP contribution < -0.4 is 16.2 Å². The van der Waals surface area contributed by atoms with Crippen molar-refractivity contribution in [2.24, 2.45) is 0 Å². The van der Waals surface area contributed by atoms with Gasteiger partial charge in [0.05, 0.1) is 16.3 Å². The maximum atomic E-state index is 13.5. The smallest absolute Gasteiger partial charge is 0.320 e. The molecule has 0 aliphatic carbocycles. The third-order valence-electron chi connectivity index (χ3n) is 5.28. The summed E-state index contributed by atoms with van der Waals surface area (Å²) in [5.74, 6) is -2.72.